The number of para-hydroxylation sites is 1. The molecule has 0 saturated carbocycles. The Kier molecular flexibility index (Phi) is 4.42. The third-order valence-electron chi connectivity index (χ3n) is 4.64. The maximum absolute atomic E-state index is 12.6. The summed E-state index contributed by atoms with van der Waals surface area (Å²) in [5.74, 6) is -0.471. The Bertz CT molecular complexity index is 994. The Morgan fingerprint density at radius 3 is 2.56 bits per heavy atom. The number of hydrogen-bond donors (Lipinski definition) is 0. The lowest BCUT2D eigenvalue weighted by atomic mass is 10.2. The summed E-state index contributed by atoms with van der Waals surface area (Å²) in [7, 11) is 0. The van der Waals surface area contributed by atoms with Crippen molar-refractivity contribution in [2.45, 2.75) is 25.9 Å². The Balaban J connectivity index is 1.53. The van der Waals surface area contributed by atoms with Crippen LogP contribution in [0, 0.1) is 10.1 Å². The van der Waals surface area contributed by atoms with Crippen molar-refractivity contribution in [2.24, 2.45) is 0 Å². The number of esters is 1. The minimum Gasteiger partial charge on any atom is -0.456 e. The molecule has 1 heterocycles. The molecule has 1 aliphatic carbocycles. The molecule has 0 saturated heterocycles. The van der Waals surface area contributed by atoms with Gasteiger partial charge in [-0.1, -0.05) is 18.2 Å². The molecule has 7 heteroatoms. The van der Waals surface area contributed by atoms with E-state index in [2.05, 4.69) is 5.10 Å². The van der Waals surface area contributed by atoms with Crippen molar-refractivity contribution in [3.8, 4) is 5.69 Å². The number of rotatable bonds is 5. The number of fused-ring (bicyclic) bond motifs is 1. The quantitative estimate of drug-likeness (QED) is 0.392. The van der Waals surface area contributed by atoms with E-state index in [1.54, 1.807) is 12.1 Å². The average Bonchev–Trinajstić information content (AvgIpc) is 3.30. The van der Waals surface area contributed by atoms with Gasteiger partial charge in [-0.3, -0.25) is 10.1 Å². The Morgan fingerprint density at radius 1 is 1.11 bits per heavy atom. The molecule has 0 N–H and O–H groups in total. The summed E-state index contributed by atoms with van der Waals surface area (Å²) < 4.78 is 7.23. The maximum atomic E-state index is 12.6. The van der Waals surface area contributed by atoms with E-state index in [9.17, 15) is 14.9 Å². The molecule has 0 radical (unpaired) electrons. The first-order valence-electron chi connectivity index (χ1n) is 8.70. The lowest BCUT2D eigenvalue weighted by molar-refractivity contribution is -0.384. The van der Waals surface area contributed by atoms with Gasteiger partial charge < -0.3 is 4.74 Å². The van der Waals surface area contributed by atoms with E-state index in [4.69, 9.17) is 4.74 Å². The van der Waals surface area contributed by atoms with E-state index in [0.717, 1.165) is 36.2 Å². The fourth-order valence-corrected chi connectivity index (χ4v) is 3.32. The molecule has 0 fully saturated rings. The number of nitro benzene ring substituents is 1. The van der Waals surface area contributed by atoms with Crippen LogP contribution in [0.2, 0.25) is 0 Å². The van der Waals surface area contributed by atoms with Crippen LogP contribution in [0.1, 0.15) is 33.7 Å². The molecule has 0 spiro atoms. The van der Waals surface area contributed by atoms with Crippen LogP contribution in [0.3, 0.4) is 0 Å². The van der Waals surface area contributed by atoms with E-state index in [-0.39, 0.29) is 12.3 Å². The molecule has 2 aromatic carbocycles. The molecule has 136 valence electrons. The first-order valence-corrected chi connectivity index (χ1v) is 8.70. The van der Waals surface area contributed by atoms with E-state index in [1.165, 1.54) is 12.1 Å². The van der Waals surface area contributed by atoms with Crippen molar-refractivity contribution in [3.63, 3.8) is 0 Å². The molecule has 1 aliphatic rings. The highest BCUT2D eigenvalue weighted by atomic mass is 16.6. The summed E-state index contributed by atoms with van der Waals surface area (Å²) in [5, 5.41) is 15.2. The van der Waals surface area contributed by atoms with Crippen LogP contribution >= 0.6 is 0 Å². The van der Waals surface area contributed by atoms with Gasteiger partial charge in [0.1, 0.15) is 6.61 Å². The normalized spacial score (nSPS) is 12.6. The Labute approximate surface area is 155 Å². The SMILES string of the molecule is O=C(OCc1ccc([N+](=O)[O-])cc1)c1nn(-c2ccccc2)c2c1CCC2. The van der Waals surface area contributed by atoms with E-state index in [0.29, 0.717) is 11.3 Å². The fourth-order valence-electron chi connectivity index (χ4n) is 3.32. The minimum absolute atomic E-state index is 0.00417. The van der Waals surface area contributed by atoms with Crippen molar-refractivity contribution < 1.29 is 14.5 Å². The van der Waals surface area contributed by atoms with Gasteiger partial charge in [-0.05, 0) is 49.1 Å². The van der Waals surface area contributed by atoms with Gasteiger partial charge in [0.15, 0.2) is 5.69 Å². The summed E-state index contributed by atoms with van der Waals surface area (Å²) >= 11 is 0. The number of benzene rings is 2. The number of nitro groups is 1. The average molecular weight is 363 g/mol. The minimum atomic E-state index is -0.471. The van der Waals surface area contributed by atoms with Gasteiger partial charge in [-0.15, -0.1) is 0 Å². The molecular formula is C20H17N3O4. The summed E-state index contributed by atoms with van der Waals surface area (Å²) in [4.78, 5) is 22.8. The summed E-state index contributed by atoms with van der Waals surface area (Å²) in [6.45, 7) is 0.0454. The molecule has 0 unspecified atom stereocenters. The molecule has 0 amide bonds. The number of hydrogen-bond acceptors (Lipinski definition) is 5. The van der Waals surface area contributed by atoms with Gasteiger partial charge in [0, 0.05) is 23.4 Å². The monoisotopic (exact) mass is 363 g/mol. The van der Waals surface area contributed by atoms with E-state index < -0.39 is 10.9 Å². The summed E-state index contributed by atoms with van der Waals surface area (Å²) in [6, 6.07) is 15.7. The van der Waals surface area contributed by atoms with Crippen LogP contribution in [0.5, 0.6) is 0 Å². The van der Waals surface area contributed by atoms with Gasteiger partial charge >= 0.3 is 5.97 Å². The van der Waals surface area contributed by atoms with Crippen molar-refractivity contribution >= 4 is 11.7 Å². The van der Waals surface area contributed by atoms with E-state index in [1.807, 2.05) is 35.0 Å². The number of non-ortho nitro benzene ring substituents is 1. The number of nitrogens with zero attached hydrogens (tertiary/aromatic N) is 3. The van der Waals surface area contributed by atoms with Gasteiger partial charge in [-0.25, -0.2) is 9.48 Å². The molecule has 27 heavy (non-hydrogen) atoms. The zero-order valence-corrected chi connectivity index (χ0v) is 14.5. The second-order valence-corrected chi connectivity index (χ2v) is 6.37. The molecule has 4 rings (SSSR count). The van der Waals surface area contributed by atoms with Crippen LogP contribution in [0.4, 0.5) is 5.69 Å². The van der Waals surface area contributed by atoms with Gasteiger partial charge in [-0.2, -0.15) is 5.10 Å². The number of ether oxygens (including phenoxy) is 1. The number of carbonyl (C=O) groups is 1. The molecule has 7 nitrogen and oxygen atoms in total. The molecule has 0 aliphatic heterocycles. The third kappa shape index (κ3) is 3.31. The van der Waals surface area contributed by atoms with Crippen molar-refractivity contribution in [1.82, 2.24) is 9.78 Å². The van der Waals surface area contributed by atoms with Gasteiger partial charge in [0.2, 0.25) is 0 Å². The highest BCUT2D eigenvalue weighted by molar-refractivity contribution is 5.89. The predicted molar refractivity (Wildman–Crippen MR) is 97.8 cm³/mol. The van der Waals surface area contributed by atoms with Crippen LogP contribution in [-0.4, -0.2) is 20.7 Å². The van der Waals surface area contributed by atoms with Crippen molar-refractivity contribution in [2.75, 3.05) is 0 Å². The number of carbonyl (C=O) groups excluding carboxylic acids is 1. The summed E-state index contributed by atoms with van der Waals surface area (Å²) in [6.07, 6.45) is 2.68. The highest BCUT2D eigenvalue weighted by Crippen LogP contribution is 2.28. The van der Waals surface area contributed by atoms with Crippen molar-refractivity contribution in [1.29, 1.82) is 0 Å². The second-order valence-electron chi connectivity index (χ2n) is 6.37. The summed E-state index contributed by atoms with van der Waals surface area (Å²) in [5.41, 5.74) is 3.98. The third-order valence-corrected chi connectivity index (χ3v) is 4.64. The highest BCUT2D eigenvalue weighted by Gasteiger charge is 2.27. The Hall–Kier alpha value is -3.48. The first kappa shape index (κ1) is 17.0. The molecule has 1 aromatic heterocycles. The largest absolute Gasteiger partial charge is 0.456 e. The van der Waals surface area contributed by atoms with Crippen molar-refractivity contribution in [3.05, 3.63) is 87.2 Å². The zero-order valence-electron chi connectivity index (χ0n) is 14.5. The molecule has 0 atom stereocenters. The first-order chi connectivity index (χ1) is 13.1. The smallest absolute Gasteiger partial charge is 0.359 e. The standard InChI is InChI=1S/C20H17N3O4/c24-20(27-13-14-9-11-16(12-10-14)23(25)26)19-17-7-4-8-18(17)22(21-19)15-5-2-1-3-6-15/h1-3,5-6,9-12H,4,7-8,13H2. The lowest BCUT2D eigenvalue weighted by Gasteiger charge is -2.05. The molecule has 3 aromatic rings. The van der Waals surface area contributed by atoms with Crippen LogP contribution in [0.15, 0.2) is 54.6 Å². The molecule has 0 bridgehead atoms. The number of aromatic nitrogens is 2. The van der Waals surface area contributed by atoms with Gasteiger partial charge in [0.05, 0.1) is 10.6 Å². The Morgan fingerprint density at radius 2 is 1.85 bits per heavy atom. The second kappa shape index (κ2) is 7.03. The lowest BCUT2D eigenvalue weighted by Crippen LogP contribution is -2.09. The maximum Gasteiger partial charge on any atom is 0.359 e. The van der Waals surface area contributed by atoms with Crippen LogP contribution < -0.4 is 0 Å². The fraction of sp³-hybridized carbons (Fsp3) is 0.200. The van der Waals surface area contributed by atoms with Gasteiger partial charge in [0.25, 0.3) is 5.69 Å². The topological polar surface area (TPSA) is 87.3 Å². The van der Waals surface area contributed by atoms with Crippen LogP contribution in [0.25, 0.3) is 5.69 Å². The van der Waals surface area contributed by atoms with E-state index >= 15 is 0 Å². The predicted octanol–water partition coefficient (Wildman–Crippen LogP) is 3.63. The van der Waals surface area contributed by atoms with Crippen LogP contribution in [-0.2, 0) is 24.2 Å². The molecular weight excluding hydrogens is 346 g/mol. The zero-order chi connectivity index (χ0) is 18.8.